The Kier molecular flexibility index (Phi) is 6.65. The minimum Gasteiger partial charge on any atom is -0.385 e. The van der Waals surface area contributed by atoms with E-state index in [-0.39, 0.29) is 0 Å². The molecule has 0 aliphatic heterocycles. The number of hydrogen-bond acceptors (Lipinski definition) is 1. The molecule has 0 unspecified atom stereocenters. The van der Waals surface area contributed by atoms with Crippen molar-refractivity contribution in [2.75, 3.05) is 11.9 Å². The number of hydrogen-bond donors (Lipinski definition) is 1. The minimum absolute atomic E-state index is 0.643. The van der Waals surface area contributed by atoms with Crippen LogP contribution in [0.2, 0.25) is 0 Å². The maximum Gasteiger partial charge on any atom is 0.0340 e. The molecule has 0 bridgehead atoms. The van der Waals surface area contributed by atoms with Crippen LogP contribution in [0.3, 0.4) is 0 Å². The molecule has 0 aromatic heterocycles. The van der Waals surface area contributed by atoms with E-state index in [1.54, 1.807) is 0 Å². The third-order valence-corrected chi connectivity index (χ3v) is 4.35. The van der Waals surface area contributed by atoms with E-state index in [4.69, 9.17) is 0 Å². The topological polar surface area (TPSA) is 12.0 Å². The van der Waals surface area contributed by atoms with Gasteiger partial charge in [-0.05, 0) is 40.3 Å². The van der Waals surface area contributed by atoms with Crippen LogP contribution in [0.5, 0.6) is 0 Å². The Balaban J connectivity index is 1.78. The first-order valence-corrected chi connectivity index (χ1v) is 9.55. The molecule has 0 aliphatic carbocycles. The second kappa shape index (κ2) is 9.59. The molecule has 0 radical (unpaired) electrons. The maximum absolute atomic E-state index is 3.45. The fraction of sp³-hybridized carbons (Fsp3) is 0.154. The summed E-state index contributed by atoms with van der Waals surface area (Å²) in [7, 11) is 0. The highest BCUT2D eigenvalue weighted by Gasteiger charge is 2.02. The van der Waals surface area contributed by atoms with Crippen LogP contribution in [-0.4, -0.2) is 6.54 Å². The van der Waals surface area contributed by atoms with Crippen molar-refractivity contribution in [2.24, 2.45) is 5.92 Å². The molecule has 0 fully saturated rings. The van der Waals surface area contributed by atoms with Gasteiger partial charge in [0, 0.05) is 12.2 Å². The lowest BCUT2D eigenvalue weighted by Crippen LogP contribution is -2.07. The highest BCUT2D eigenvalue weighted by molar-refractivity contribution is 5.81. The Morgan fingerprint density at radius 2 is 1.33 bits per heavy atom. The molecule has 27 heavy (non-hydrogen) atoms. The van der Waals surface area contributed by atoms with Gasteiger partial charge in [-0.2, -0.15) is 0 Å². The lowest BCUT2D eigenvalue weighted by atomic mass is 9.97. The second-order valence-corrected chi connectivity index (χ2v) is 7.07. The first kappa shape index (κ1) is 18.7. The van der Waals surface area contributed by atoms with E-state index in [9.17, 15) is 0 Å². The molecule has 0 amide bonds. The summed E-state index contributed by atoms with van der Waals surface area (Å²) in [5.74, 6) is 0.643. The second-order valence-electron chi connectivity index (χ2n) is 7.07. The molecule has 0 saturated carbocycles. The Labute approximate surface area is 163 Å². The molecule has 0 atom stereocenters. The van der Waals surface area contributed by atoms with Crippen molar-refractivity contribution in [3.63, 3.8) is 0 Å². The Morgan fingerprint density at radius 3 is 1.85 bits per heavy atom. The predicted octanol–water partition coefficient (Wildman–Crippen LogP) is 6.90. The van der Waals surface area contributed by atoms with E-state index in [1.165, 1.54) is 28.0 Å². The van der Waals surface area contributed by atoms with Crippen LogP contribution in [0.25, 0.3) is 11.6 Å². The lowest BCUT2D eigenvalue weighted by Gasteiger charge is -2.09. The molecule has 0 aliphatic rings. The van der Waals surface area contributed by atoms with Gasteiger partial charge in [0.2, 0.25) is 0 Å². The normalized spacial score (nSPS) is 10.9. The van der Waals surface area contributed by atoms with Gasteiger partial charge in [-0.3, -0.25) is 0 Å². The fourth-order valence-electron chi connectivity index (χ4n) is 2.88. The number of anilines is 1. The fourth-order valence-corrected chi connectivity index (χ4v) is 2.88. The zero-order chi connectivity index (χ0) is 18.9. The van der Waals surface area contributed by atoms with Crippen molar-refractivity contribution >= 4 is 17.3 Å². The van der Waals surface area contributed by atoms with Crippen molar-refractivity contribution in [3.05, 3.63) is 114 Å². The van der Waals surface area contributed by atoms with Gasteiger partial charge in [-0.15, -0.1) is 0 Å². The Bertz CT molecular complexity index is 831. The van der Waals surface area contributed by atoms with Crippen molar-refractivity contribution < 1.29 is 0 Å². The van der Waals surface area contributed by atoms with Crippen LogP contribution in [0.15, 0.2) is 97.1 Å². The van der Waals surface area contributed by atoms with Gasteiger partial charge in [0.25, 0.3) is 0 Å². The van der Waals surface area contributed by atoms with Gasteiger partial charge in [0.15, 0.2) is 0 Å². The van der Waals surface area contributed by atoms with Crippen molar-refractivity contribution in [2.45, 2.75) is 13.8 Å². The first-order valence-electron chi connectivity index (χ1n) is 9.55. The summed E-state index contributed by atoms with van der Waals surface area (Å²) in [6.07, 6.45) is 6.47. The van der Waals surface area contributed by atoms with Crippen LogP contribution in [0, 0.1) is 5.92 Å². The molecule has 136 valence electrons. The minimum atomic E-state index is 0.643. The molecule has 1 heteroatoms. The Hall–Kier alpha value is -3.06. The number of rotatable bonds is 7. The number of nitrogens with one attached hydrogen (secondary N) is 1. The molecular weight excluding hydrogens is 326 g/mol. The van der Waals surface area contributed by atoms with E-state index < -0.39 is 0 Å². The van der Waals surface area contributed by atoms with Crippen LogP contribution in [0.4, 0.5) is 5.69 Å². The van der Waals surface area contributed by atoms with Crippen molar-refractivity contribution in [3.8, 4) is 0 Å². The third kappa shape index (κ3) is 5.72. The molecule has 3 rings (SSSR count). The van der Waals surface area contributed by atoms with Gasteiger partial charge >= 0.3 is 0 Å². The largest absolute Gasteiger partial charge is 0.385 e. The molecule has 0 saturated heterocycles. The van der Waals surface area contributed by atoms with Crippen molar-refractivity contribution in [1.29, 1.82) is 0 Å². The average molecular weight is 354 g/mol. The van der Waals surface area contributed by atoms with Gasteiger partial charge in [0.1, 0.15) is 0 Å². The summed E-state index contributed by atoms with van der Waals surface area (Å²) in [6.45, 7) is 5.43. The molecule has 1 N–H and O–H groups in total. The van der Waals surface area contributed by atoms with E-state index in [1.807, 2.05) is 0 Å². The first-order chi connectivity index (χ1) is 13.2. The average Bonchev–Trinajstić information content (AvgIpc) is 2.72. The van der Waals surface area contributed by atoms with E-state index in [0.717, 1.165) is 6.54 Å². The summed E-state index contributed by atoms with van der Waals surface area (Å²) in [5, 5.41) is 3.45. The van der Waals surface area contributed by atoms with Crippen LogP contribution in [-0.2, 0) is 0 Å². The smallest absolute Gasteiger partial charge is 0.0340 e. The molecule has 3 aromatic carbocycles. The SMILES string of the molecule is CC(C)CNc1ccc(C=CC=C(c2ccccc2)c2ccccc2)cc1. The van der Waals surface area contributed by atoms with Gasteiger partial charge < -0.3 is 5.32 Å². The van der Waals surface area contributed by atoms with E-state index in [0.29, 0.717) is 5.92 Å². The number of benzene rings is 3. The summed E-state index contributed by atoms with van der Waals surface area (Å²) >= 11 is 0. The molecule has 1 nitrogen and oxygen atoms in total. The molecule has 0 heterocycles. The Morgan fingerprint density at radius 1 is 0.778 bits per heavy atom. The quantitative estimate of drug-likeness (QED) is 0.456. The summed E-state index contributed by atoms with van der Waals surface area (Å²) in [4.78, 5) is 0. The highest BCUT2D eigenvalue weighted by Crippen LogP contribution is 2.23. The van der Waals surface area contributed by atoms with E-state index in [2.05, 4.69) is 122 Å². The summed E-state index contributed by atoms with van der Waals surface area (Å²) in [6, 6.07) is 29.6. The van der Waals surface area contributed by atoms with Gasteiger partial charge in [-0.25, -0.2) is 0 Å². The van der Waals surface area contributed by atoms with Crippen molar-refractivity contribution in [1.82, 2.24) is 0 Å². The zero-order valence-corrected chi connectivity index (χ0v) is 16.1. The van der Waals surface area contributed by atoms with Gasteiger partial charge in [0.05, 0.1) is 0 Å². The lowest BCUT2D eigenvalue weighted by molar-refractivity contribution is 0.689. The van der Waals surface area contributed by atoms with Crippen LogP contribution >= 0.6 is 0 Å². The summed E-state index contributed by atoms with van der Waals surface area (Å²) < 4.78 is 0. The van der Waals surface area contributed by atoms with Crippen LogP contribution in [0.1, 0.15) is 30.5 Å². The van der Waals surface area contributed by atoms with Gasteiger partial charge in [-0.1, -0.05) is 105 Å². The highest BCUT2D eigenvalue weighted by atomic mass is 14.9. The molecule has 0 spiro atoms. The molecular formula is C26H27N. The van der Waals surface area contributed by atoms with E-state index >= 15 is 0 Å². The zero-order valence-electron chi connectivity index (χ0n) is 16.1. The third-order valence-electron chi connectivity index (χ3n) is 4.35. The number of allylic oxidation sites excluding steroid dienone is 2. The molecule has 3 aromatic rings. The summed E-state index contributed by atoms with van der Waals surface area (Å²) in [5.41, 5.74) is 6.04. The monoisotopic (exact) mass is 353 g/mol. The maximum atomic E-state index is 3.45. The van der Waals surface area contributed by atoms with Crippen LogP contribution < -0.4 is 5.32 Å². The predicted molar refractivity (Wildman–Crippen MR) is 119 cm³/mol. The standard InChI is InChI=1S/C26H27N/c1-21(2)20-27-25-18-16-22(17-19-25)10-9-15-26(23-11-5-3-6-12-23)24-13-7-4-8-14-24/h3-19,21,27H,20H2,1-2H3.